The second kappa shape index (κ2) is 5.90. The number of nitrogens with one attached hydrogen (secondary N) is 1. The van der Waals surface area contributed by atoms with Crippen LogP contribution in [-0.4, -0.2) is 9.97 Å². The molecule has 9 heteroatoms. The Hall–Kier alpha value is -3.23. The van der Waals surface area contributed by atoms with Crippen LogP contribution < -0.4 is 5.43 Å². The lowest BCUT2D eigenvalue weighted by molar-refractivity contribution is -0.144. The highest BCUT2D eigenvalue weighted by molar-refractivity contribution is 6.00. The first-order valence-electron chi connectivity index (χ1n) is 7.66. The smallest absolute Gasteiger partial charge is 0.449 e. The van der Waals surface area contributed by atoms with Crippen molar-refractivity contribution in [2.24, 2.45) is 0 Å². The molecule has 4 rings (SSSR count). The predicted molar refractivity (Wildman–Crippen MR) is 87.5 cm³/mol. The van der Waals surface area contributed by atoms with E-state index in [1.807, 2.05) is 0 Å². The molecule has 0 saturated heterocycles. The minimum atomic E-state index is -4.69. The van der Waals surface area contributed by atoms with E-state index >= 15 is 0 Å². The third-order valence-electron chi connectivity index (χ3n) is 4.06. The number of aromatic amines is 1. The number of benzene rings is 2. The molecule has 0 aliphatic heterocycles. The average molecular weight is 380 g/mol. The van der Waals surface area contributed by atoms with Crippen molar-refractivity contribution in [3.8, 4) is 11.3 Å². The summed E-state index contributed by atoms with van der Waals surface area (Å²) in [7, 11) is 0. The monoisotopic (exact) mass is 380 g/mol. The normalized spacial score (nSPS) is 12.4. The Kier molecular flexibility index (Phi) is 3.76. The first-order chi connectivity index (χ1) is 12.7. The van der Waals surface area contributed by atoms with Gasteiger partial charge in [-0.2, -0.15) is 13.2 Å². The number of rotatable bonds is 2. The molecule has 0 spiro atoms. The number of hydrogen-bond donors (Lipinski definition) is 1. The Morgan fingerprint density at radius 3 is 2.37 bits per heavy atom. The molecule has 138 valence electrons. The number of H-pyrrole nitrogens is 1. The Labute approximate surface area is 147 Å². The molecule has 0 aliphatic rings. The zero-order valence-electron chi connectivity index (χ0n) is 13.3. The molecule has 27 heavy (non-hydrogen) atoms. The van der Waals surface area contributed by atoms with Crippen LogP contribution in [0.5, 0.6) is 0 Å². The fraction of sp³-hybridized carbons (Fsp3) is 0.111. The Balaban J connectivity index is 1.94. The molecule has 2 aromatic carbocycles. The first kappa shape index (κ1) is 17.2. The summed E-state index contributed by atoms with van der Waals surface area (Å²) in [6.07, 6.45) is -7.33. The lowest BCUT2D eigenvalue weighted by Gasteiger charge is -2.05. The summed E-state index contributed by atoms with van der Waals surface area (Å²) in [4.78, 5) is 18.0. The van der Waals surface area contributed by atoms with Gasteiger partial charge in [-0.05, 0) is 12.1 Å². The van der Waals surface area contributed by atoms with Gasteiger partial charge in [0.2, 0.25) is 5.82 Å². The van der Waals surface area contributed by atoms with Gasteiger partial charge in [-0.25, -0.2) is 13.8 Å². The third-order valence-corrected chi connectivity index (χ3v) is 4.06. The van der Waals surface area contributed by atoms with E-state index in [2.05, 4.69) is 9.97 Å². The molecule has 0 amide bonds. The van der Waals surface area contributed by atoms with E-state index in [4.69, 9.17) is 4.42 Å². The van der Waals surface area contributed by atoms with Crippen LogP contribution in [0.4, 0.5) is 22.0 Å². The summed E-state index contributed by atoms with van der Waals surface area (Å²) in [5, 5.41) is 0.0654. The van der Waals surface area contributed by atoms with Gasteiger partial charge in [-0.3, -0.25) is 4.79 Å². The Morgan fingerprint density at radius 1 is 1.04 bits per heavy atom. The van der Waals surface area contributed by atoms with Crippen molar-refractivity contribution < 1.29 is 26.4 Å². The number of hydrogen-bond acceptors (Lipinski definition) is 3. The maximum absolute atomic E-state index is 12.9. The summed E-state index contributed by atoms with van der Waals surface area (Å²) < 4.78 is 69.7. The summed E-state index contributed by atoms with van der Waals surface area (Å²) >= 11 is 0. The van der Waals surface area contributed by atoms with Crippen LogP contribution in [0.2, 0.25) is 0 Å². The van der Waals surface area contributed by atoms with Gasteiger partial charge in [0.15, 0.2) is 11.0 Å². The number of imidazole rings is 1. The number of fused-ring (bicyclic) bond motifs is 3. The molecule has 0 fully saturated rings. The van der Waals surface area contributed by atoms with Crippen LogP contribution in [-0.2, 0) is 6.18 Å². The quantitative estimate of drug-likeness (QED) is 0.481. The van der Waals surface area contributed by atoms with E-state index < -0.39 is 23.9 Å². The van der Waals surface area contributed by atoms with Crippen LogP contribution in [0, 0.1) is 0 Å². The molecule has 0 radical (unpaired) electrons. The van der Waals surface area contributed by atoms with E-state index in [0.29, 0.717) is 5.56 Å². The van der Waals surface area contributed by atoms with Crippen molar-refractivity contribution in [2.75, 3.05) is 0 Å². The number of halogens is 5. The van der Waals surface area contributed by atoms with Gasteiger partial charge in [-0.15, -0.1) is 0 Å². The molecule has 1 N–H and O–H groups in total. The van der Waals surface area contributed by atoms with Crippen LogP contribution in [0.3, 0.4) is 0 Å². The molecule has 4 nitrogen and oxygen atoms in total. The molecular formula is C18H9F5N2O2. The molecule has 2 aromatic heterocycles. The number of alkyl halides is 5. The molecule has 0 unspecified atom stereocenters. The van der Waals surface area contributed by atoms with E-state index in [0.717, 1.165) is 6.07 Å². The van der Waals surface area contributed by atoms with Crippen LogP contribution in [0.25, 0.3) is 33.3 Å². The van der Waals surface area contributed by atoms with Gasteiger partial charge in [0.25, 0.3) is 6.43 Å². The van der Waals surface area contributed by atoms with Crippen molar-refractivity contribution in [1.82, 2.24) is 9.97 Å². The van der Waals surface area contributed by atoms with Crippen molar-refractivity contribution in [3.63, 3.8) is 0 Å². The standard InChI is InChI=1S/C18H9F5N2O2/c19-16(20)9-3-1-8(2-4-9)13-7-12(26)10-5-6-11-14(15(10)27-13)25-17(24-11)18(21,22)23/h1-7,16H,(H,24,25). The predicted octanol–water partition coefficient (Wildman–Crippen LogP) is 5.29. The lowest BCUT2D eigenvalue weighted by atomic mass is 10.1. The fourth-order valence-electron chi connectivity index (χ4n) is 2.75. The highest BCUT2D eigenvalue weighted by Crippen LogP contribution is 2.32. The minimum absolute atomic E-state index is 0.0392. The first-order valence-corrected chi connectivity index (χ1v) is 7.66. The van der Waals surface area contributed by atoms with Gasteiger partial charge < -0.3 is 9.40 Å². The van der Waals surface area contributed by atoms with Gasteiger partial charge in [0.1, 0.15) is 11.3 Å². The average Bonchev–Trinajstić information content (AvgIpc) is 3.07. The van der Waals surface area contributed by atoms with Crippen molar-refractivity contribution >= 4 is 22.0 Å². The molecule has 0 saturated carbocycles. The van der Waals surface area contributed by atoms with Crippen molar-refractivity contribution in [2.45, 2.75) is 12.6 Å². The summed E-state index contributed by atoms with van der Waals surface area (Å²) in [6, 6.07) is 8.86. The summed E-state index contributed by atoms with van der Waals surface area (Å²) in [6.45, 7) is 0. The second-order valence-electron chi connectivity index (χ2n) is 5.82. The van der Waals surface area contributed by atoms with Crippen LogP contribution in [0.15, 0.2) is 51.7 Å². The van der Waals surface area contributed by atoms with Gasteiger partial charge in [0.05, 0.1) is 10.9 Å². The van der Waals surface area contributed by atoms with E-state index in [1.165, 1.54) is 36.4 Å². The third kappa shape index (κ3) is 2.94. The van der Waals surface area contributed by atoms with Gasteiger partial charge in [-0.1, -0.05) is 24.3 Å². The second-order valence-corrected chi connectivity index (χ2v) is 5.82. The zero-order chi connectivity index (χ0) is 19.3. The zero-order valence-corrected chi connectivity index (χ0v) is 13.3. The van der Waals surface area contributed by atoms with Crippen molar-refractivity contribution in [1.29, 1.82) is 0 Å². The maximum Gasteiger partial charge on any atom is 0.449 e. The molecule has 0 aliphatic carbocycles. The summed E-state index contributed by atoms with van der Waals surface area (Å²) in [5.41, 5.74) is -0.540. The maximum atomic E-state index is 12.9. The Morgan fingerprint density at radius 2 is 1.74 bits per heavy atom. The van der Waals surface area contributed by atoms with Crippen LogP contribution >= 0.6 is 0 Å². The lowest BCUT2D eigenvalue weighted by Crippen LogP contribution is -2.06. The highest BCUT2D eigenvalue weighted by Gasteiger charge is 2.35. The largest absolute Gasteiger partial charge is 0.453 e. The fourth-order valence-corrected chi connectivity index (χ4v) is 2.75. The molecule has 0 bridgehead atoms. The SMILES string of the molecule is O=c1cc(-c2ccc(C(F)F)cc2)oc2c1ccc1[nH]c(C(F)(F)F)nc12. The van der Waals surface area contributed by atoms with E-state index in [9.17, 15) is 26.7 Å². The van der Waals surface area contributed by atoms with Crippen LogP contribution in [0.1, 0.15) is 17.8 Å². The summed E-state index contributed by atoms with van der Waals surface area (Å²) in [5.74, 6) is -1.17. The minimum Gasteiger partial charge on any atom is -0.453 e. The highest BCUT2D eigenvalue weighted by atomic mass is 19.4. The molecule has 2 heterocycles. The van der Waals surface area contributed by atoms with Crippen molar-refractivity contribution in [3.05, 3.63) is 64.1 Å². The Bertz CT molecular complexity index is 1210. The van der Waals surface area contributed by atoms with Gasteiger partial charge in [0, 0.05) is 17.2 Å². The molecule has 0 atom stereocenters. The topological polar surface area (TPSA) is 58.9 Å². The van der Waals surface area contributed by atoms with Gasteiger partial charge >= 0.3 is 6.18 Å². The van der Waals surface area contributed by atoms with E-state index in [-0.39, 0.29) is 33.3 Å². The van der Waals surface area contributed by atoms with E-state index in [1.54, 1.807) is 0 Å². The number of nitrogens with zero attached hydrogens (tertiary/aromatic N) is 1. The molecular weight excluding hydrogens is 371 g/mol. The number of aromatic nitrogens is 2. The molecule has 4 aromatic rings.